The highest BCUT2D eigenvalue weighted by molar-refractivity contribution is 7.92. The standard InChI is InChI=1S/C13H19NO3S/c1-13(2,3)8-9-18(16,17)14-12-6-4-11(10-15)5-7-12/h4-7,10,14H,8-9H2,1-3H3. The van der Waals surface area contributed by atoms with Crippen LogP contribution >= 0.6 is 0 Å². The van der Waals surface area contributed by atoms with Crippen LogP contribution in [0.25, 0.3) is 0 Å². The van der Waals surface area contributed by atoms with Crippen LogP contribution in [0.2, 0.25) is 0 Å². The van der Waals surface area contributed by atoms with E-state index in [4.69, 9.17) is 0 Å². The average molecular weight is 269 g/mol. The molecule has 18 heavy (non-hydrogen) atoms. The fourth-order valence-electron chi connectivity index (χ4n) is 1.30. The molecule has 0 saturated heterocycles. The maximum Gasteiger partial charge on any atom is 0.232 e. The lowest BCUT2D eigenvalue weighted by atomic mass is 9.94. The summed E-state index contributed by atoms with van der Waals surface area (Å²) in [5, 5.41) is 0. The van der Waals surface area contributed by atoms with E-state index in [1.54, 1.807) is 24.3 Å². The largest absolute Gasteiger partial charge is 0.298 e. The number of rotatable bonds is 5. The van der Waals surface area contributed by atoms with E-state index in [0.717, 1.165) is 6.29 Å². The van der Waals surface area contributed by atoms with Crippen LogP contribution in [0.1, 0.15) is 37.6 Å². The van der Waals surface area contributed by atoms with E-state index < -0.39 is 10.0 Å². The van der Waals surface area contributed by atoms with Crippen molar-refractivity contribution in [3.05, 3.63) is 29.8 Å². The Morgan fingerprint density at radius 2 is 1.72 bits per heavy atom. The molecule has 0 saturated carbocycles. The SMILES string of the molecule is CC(C)(C)CCS(=O)(=O)Nc1ccc(C=O)cc1. The fourth-order valence-corrected chi connectivity index (χ4v) is 2.78. The van der Waals surface area contributed by atoms with Gasteiger partial charge in [0.05, 0.1) is 5.75 Å². The predicted octanol–water partition coefficient (Wildman–Crippen LogP) is 2.68. The van der Waals surface area contributed by atoms with Gasteiger partial charge in [-0.2, -0.15) is 0 Å². The highest BCUT2D eigenvalue weighted by Gasteiger charge is 2.17. The summed E-state index contributed by atoms with van der Waals surface area (Å²) in [6.45, 7) is 6.00. The van der Waals surface area contributed by atoms with Crippen LogP contribution in [0.3, 0.4) is 0 Å². The first-order chi connectivity index (χ1) is 8.22. The number of nitrogens with one attached hydrogen (secondary N) is 1. The highest BCUT2D eigenvalue weighted by atomic mass is 32.2. The van der Waals surface area contributed by atoms with Crippen LogP contribution in [-0.4, -0.2) is 20.5 Å². The van der Waals surface area contributed by atoms with Crippen LogP contribution in [0.4, 0.5) is 5.69 Å². The third-order valence-electron chi connectivity index (χ3n) is 2.44. The molecule has 0 spiro atoms. The normalized spacial score (nSPS) is 12.2. The predicted molar refractivity (Wildman–Crippen MR) is 73.3 cm³/mol. The molecule has 1 aromatic carbocycles. The Kier molecular flexibility index (Phi) is 4.51. The molecule has 0 aliphatic rings. The Hall–Kier alpha value is -1.36. The van der Waals surface area contributed by atoms with E-state index in [0.29, 0.717) is 17.7 Å². The van der Waals surface area contributed by atoms with E-state index in [9.17, 15) is 13.2 Å². The smallest absolute Gasteiger partial charge is 0.232 e. The summed E-state index contributed by atoms with van der Waals surface area (Å²) in [6.07, 6.45) is 1.31. The van der Waals surface area contributed by atoms with Gasteiger partial charge in [-0.25, -0.2) is 8.42 Å². The second-order valence-corrected chi connectivity index (χ2v) is 7.31. The van der Waals surface area contributed by atoms with Crippen LogP contribution in [0.15, 0.2) is 24.3 Å². The molecule has 0 atom stereocenters. The van der Waals surface area contributed by atoms with Crippen molar-refractivity contribution in [2.24, 2.45) is 5.41 Å². The maximum absolute atomic E-state index is 11.8. The van der Waals surface area contributed by atoms with Gasteiger partial charge in [0.2, 0.25) is 10.0 Å². The second-order valence-electron chi connectivity index (χ2n) is 5.47. The summed E-state index contributed by atoms with van der Waals surface area (Å²) >= 11 is 0. The van der Waals surface area contributed by atoms with Crippen LogP contribution in [0.5, 0.6) is 0 Å². The zero-order valence-corrected chi connectivity index (χ0v) is 11.8. The van der Waals surface area contributed by atoms with Crippen molar-refractivity contribution < 1.29 is 13.2 Å². The topological polar surface area (TPSA) is 63.2 Å². The Morgan fingerprint density at radius 1 is 1.17 bits per heavy atom. The molecule has 0 aliphatic carbocycles. The summed E-state index contributed by atoms with van der Waals surface area (Å²) in [7, 11) is -3.33. The minimum Gasteiger partial charge on any atom is -0.298 e. The Balaban J connectivity index is 2.67. The monoisotopic (exact) mass is 269 g/mol. The molecule has 1 rings (SSSR count). The molecule has 0 amide bonds. The zero-order chi connectivity index (χ0) is 13.8. The lowest BCUT2D eigenvalue weighted by Crippen LogP contribution is -2.20. The quantitative estimate of drug-likeness (QED) is 0.836. The van der Waals surface area contributed by atoms with Gasteiger partial charge >= 0.3 is 0 Å². The number of aldehydes is 1. The van der Waals surface area contributed by atoms with Gasteiger partial charge < -0.3 is 0 Å². The fraction of sp³-hybridized carbons (Fsp3) is 0.462. The van der Waals surface area contributed by atoms with Gasteiger partial charge in [-0.15, -0.1) is 0 Å². The summed E-state index contributed by atoms with van der Waals surface area (Å²) < 4.78 is 26.1. The second kappa shape index (κ2) is 5.52. The third kappa shape index (κ3) is 5.31. The molecule has 0 heterocycles. The van der Waals surface area contributed by atoms with E-state index in [1.807, 2.05) is 20.8 Å². The van der Waals surface area contributed by atoms with Gasteiger partial charge in [0, 0.05) is 11.3 Å². The first-order valence-corrected chi connectivity index (χ1v) is 7.43. The average Bonchev–Trinajstić information content (AvgIpc) is 2.26. The van der Waals surface area contributed by atoms with Crippen molar-refractivity contribution in [1.82, 2.24) is 0 Å². The van der Waals surface area contributed by atoms with Crippen molar-refractivity contribution in [2.45, 2.75) is 27.2 Å². The molecule has 0 aromatic heterocycles. The minimum absolute atomic E-state index is 0.0177. The summed E-state index contributed by atoms with van der Waals surface area (Å²) in [5.41, 5.74) is 0.984. The number of hydrogen-bond donors (Lipinski definition) is 1. The zero-order valence-electron chi connectivity index (χ0n) is 10.9. The molecule has 0 radical (unpaired) electrons. The molecule has 100 valence electrons. The number of hydrogen-bond acceptors (Lipinski definition) is 3. The van der Waals surface area contributed by atoms with E-state index >= 15 is 0 Å². The molecule has 0 unspecified atom stereocenters. The highest BCUT2D eigenvalue weighted by Crippen LogP contribution is 2.20. The molecule has 1 N–H and O–H groups in total. The molecule has 0 aliphatic heterocycles. The number of carbonyl (C=O) groups excluding carboxylic acids is 1. The van der Waals surface area contributed by atoms with Crippen LogP contribution in [-0.2, 0) is 10.0 Å². The van der Waals surface area contributed by atoms with Crippen molar-refractivity contribution in [1.29, 1.82) is 0 Å². The number of anilines is 1. The molecule has 1 aromatic rings. The number of benzene rings is 1. The summed E-state index contributed by atoms with van der Waals surface area (Å²) in [6, 6.07) is 6.32. The van der Waals surface area contributed by atoms with Gasteiger partial charge in [-0.1, -0.05) is 20.8 Å². The Bertz CT molecular complexity index is 498. The van der Waals surface area contributed by atoms with Gasteiger partial charge in [-0.05, 0) is 36.1 Å². The van der Waals surface area contributed by atoms with Gasteiger partial charge in [0.15, 0.2) is 0 Å². The summed E-state index contributed by atoms with van der Waals surface area (Å²) in [4.78, 5) is 10.5. The number of sulfonamides is 1. The lowest BCUT2D eigenvalue weighted by molar-refractivity contribution is 0.112. The van der Waals surface area contributed by atoms with E-state index in [1.165, 1.54) is 0 Å². The molecule has 5 heteroatoms. The van der Waals surface area contributed by atoms with Crippen LogP contribution in [0, 0.1) is 5.41 Å². The molecule has 0 bridgehead atoms. The first-order valence-electron chi connectivity index (χ1n) is 5.78. The molecule has 0 fully saturated rings. The Morgan fingerprint density at radius 3 is 2.17 bits per heavy atom. The third-order valence-corrected chi connectivity index (χ3v) is 3.73. The lowest BCUT2D eigenvalue weighted by Gasteiger charge is -2.18. The van der Waals surface area contributed by atoms with Gasteiger partial charge in [0.25, 0.3) is 0 Å². The molecular formula is C13H19NO3S. The van der Waals surface area contributed by atoms with E-state index in [-0.39, 0.29) is 11.2 Å². The molecule has 4 nitrogen and oxygen atoms in total. The summed E-state index contributed by atoms with van der Waals surface area (Å²) in [5.74, 6) is 0.0892. The van der Waals surface area contributed by atoms with Crippen molar-refractivity contribution >= 4 is 22.0 Å². The van der Waals surface area contributed by atoms with Crippen molar-refractivity contribution in [2.75, 3.05) is 10.5 Å². The van der Waals surface area contributed by atoms with Crippen LogP contribution < -0.4 is 4.72 Å². The Labute approximate surface area is 108 Å². The van der Waals surface area contributed by atoms with Gasteiger partial charge in [0.1, 0.15) is 6.29 Å². The number of carbonyl (C=O) groups is 1. The first kappa shape index (κ1) is 14.7. The molecular weight excluding hydrogens is 250 g/mol. The maximum atomic E-state index is 11.8. The van der Waals surface area contributed by atoms with Crippen molar-refractivity contribution in [3.63, 3.8) is 0 Å². The minimum atomic E-state index is -3.33. The van der Waals surface area contributed by atoms with Crippen molar-refractivity contribution in [3.8, 4) is 0 Å². The van der Waals surface area contributed by atoms with E-state index in [2.05, 4.69) is 4.72 Å². The van der Waals surface area contributed by atoms with Gasteiger partial charge in [-0.3, -0.25) is 9.52 Å².